The average molecular weight is 344 g/mol. The molecule has 3 rings (SSSR count). The van der Waals surface area contributed by atoms with Gasteiger partial charge in [-0.05, 0) is 53.6 Å². The van der Waals surface area contributed by atoms with Crippen LogP contribution < -0.4 is 5.73 Å². The first-order valence-electron chi connectivity index (χ1n) is 7.08. The van der Waals surface area contributed by atoms with Gasteiger partial charge in [0, 0.05) is 28.9 Å². The summed E-state index contributed by atoms with van der Waals surface area (Å²) in [6.07, 6.45) is 7.30. The summed E-state index contributed by atoms with van der Waals surface area (Å²) in [6.45, 7) is 0. The van der Waals surface area contributed by atoms with Gasteiger partial charge in [0.15, 0.2) is 0 Å². The van der Waals surface area contributed by atoms with E-state index in [1.807, 2.05) is 23.5 Å². The molecule has 1 aliphatic rings. The minimum atomic E-state index is -1.26. The summed E-state index contributed by atoms with van der Waals surface area (Å²) in [6, 6.07) is 5.94. The number of aliphatic carboxylic acids is 2. The van der Waals surface area contributed by atoms with Gasteiger partial charge in [0.2, 0.25) is 0 Å². The Morgan fingerprint density at radius 1 is 1.17 bits per heavy atom. The Kier molecular flexibility index (Phi) is 5.86. The molecular weight excluding hydrogens is 328 g/mol. The number of nitrogens with two attached hydrogens (primary N) is 1. The van der Waals surface area contributed by atoms with E-state index < -0.39 is 11.9 Å². The summed E-state index contributed by atoms with van der Waals surface area (Å²) in [5.41, 5.74) is 10.2. The third-order valence-electron chi connectivity index (χ3n) is 3.21. The first kappa shape index (κ1) is 17.4. The zero-order valence-corrected chi connectivity index (χ0v) is 13.5. The largest absolute Gasteiger partial charge is 0.478 e. The number of carboxylic acid groups (broad SMARTS) is 2. The third-order valence-corrected chi connectivity index (χ3v) is 4.21. The predicted molar refractivity (Wildman–Crippen MR) is 93.6 cm³/mol. The molecule has 0 saturated heterocycles. The molecule has 1 aliphatic carbocycles. The summed E-state index contributed by atoms with van der Waals surface area (Å²) < 4.78 is 0. The Labute approximate surface area is 142 Å². The van der Waals surface area contributed by atoms with Crippen molar-refractivity contribution in [2.24, 2.45) is 0 Å². The summed E-state index contributed by atoms with van der Waals surface area (Å²) in [5.74, 6) is -2.51. The second kappa shape index (κ2) is 8.07. The van der Waals surface area contributed by atoms with Crippen LogP contribution in [0.4, 0.5) is 5.69 Å². The van der Waals surface area contributed by atoms with Gasteiger partial charge in [-0.3, -0.25) is 4.98 Å². The van der Waals surface area contributed by atoms with E-state index in [1.54, 1.807) is 6.20 Å². The van der Waals surface area contributed by atoms with Gasteiger partial charge in [0.05, 0.1) is 5.69 Å². The zero-order valence-electron chi connectivity index (χ0n) is 12.7. The van der Waals surface area contributed by atoms with Crippen LogP contribution in [0.1, 0.15) is 22.6 Å². The van der Waals surface area contributed by atoms with Gasteiger partial charge in [0.25, 0.3) is 0 Å². The van der Waals surface area contributed by atoms with Gasteiger partial charge in [-0.15, -0.1) is 11.3 Å². The molecule has 6 nitrogen and oxygen atoms in total. The topological polar surface area (TPSA) is 114 Å². The van der Waals surface area contributed by atoms with E-state index >= 15 is 0 Å². The number of aryl methyl sites for hydroxylation is 1. The Balaban J connectivity index is 0.000000224. The smallest absolute Gasteiger partial charge is 0.328 e. The van der Waals surface area contributed by atoms with E-state index in [1.165, 1.54) is 16.0 Å². The van der Waals surface area contributed by atoms with Crippen LogP contribution in [0.2, 0.25) is 0 Å². The van der Waals surface area contributed by atoms with E-state index in [2.05, 4.69) is 22.5 Å². The van der Waals surface area contributed by atoms with Crippen molar-refractivity contribution in [3.63, 3.8) is 0 Å². The molecule has 0 amide bonds. The van der Waals surface area contributed by atoms with Crippen molar-refractivity contribution in [1.29, 1.82) is 0 Å². The maximum atomic E-state index is 9.55. The molecule has 2 aromatic rings. The summed E-state index contributed by atoms with van der Waals surface area (Å²) in [7, 11) is 0. The highest BCUT2D eigenvalue weighted by Gasteiger charge is 2.13. The number of hydrogen-bond donors (Lipinski definition) is 3. The number of anilines is 1. The molecule has 4 N–H and O–H groups in total. The van der Waals surface area contributed by atoms with Crippen LogP contribution in [-0.4, -0.2) is 27.1 Å². The molecule has 24 heavy (non-hydrogen) atoms. The third kappa shape index (κ3) is 5.06. The van der Waals surface area contributed by atoms with Crippen molar-refractivity contribution in [1.82, 2.24) is 4.98 Å². The Morgan fingerprint density at radius 2 is 1.88 bits per heavy atom. The molecule has 124 valence electrons. The molecule has 0 saturated carbocycles. The summed E-state index contributed by atoms with van der Waals surface area (Å²) in [5, 5.41) is 17.8. The standard InChI is InChI=1S/C13H12N2S.C4H4O4/c14-11-3-5-15-12(8-11)9-1-2-13-10(7-9)4-6-16-13;5-3(6)1-2-4(7)8/h3-8H,1-2H2,(H2,14,15);1-2H,(H,5,6)(H,7,8)/b;2-1+. The Morgan fingerprint density at radius 3 is 2.50 bits per heavy atom. The Hall–Kier alpha value is -2.93. The average Bonchev–Trinajstić information content (AvgIpc) is 3.01. The van der Waals surface area contributed by atoms with Crippen molar-refractivity contribution >= 4 is 40.6 Å². The van der Waals surface area contributed by atoms with Crippen LogP contribution in [0.25, 0.3) is 11.6 Å². The fourth-order valence-electron chi connectivity index (χ4n) is 2.16. The van der Waals surface area contributed by atoms with E-state index in [4.69, 9.17) is 15.9 Å². The number of nitrogen functional groups attached to an aromatic ring is 1. The van der Waals surface area contributed by atoms with Crippen LogP contribution in [0.3, 0.4) is 0 Å². The molecule has 0 fully saturated rings. The van der Waals surface area contributed by atoms with Crippen LogP contribution in [0, 0.1) is 0 Å². The van der Waals surface area contributed by atoms with E-state index in [-0.39, 0.29) is 0 Å². The lowest BCUT2D eigenvalue weighted by molar-refractivity contribution is -0.134. The number of carboxylic acids is 2. The number of thiophene rings is 1. The number of rotatable bonds is 3. The second-order valence-corrected chi connectivity index (χ2v) is 5.95. The monoisotopic (exact) mass is 344 g/mol. The van der Waals surface area contributed by atoms with Gasteiger partial charge >= 0.3 is 11.9 Å². The van der Waals surface area contributed by atoms with Crippen LogP contribution in [0.15, 0.2) is 41.9 Å². The second-order valence-electron chi connectivity index (χ2n) is 4.95. The maximum Gasteiger partial charge on any atom is 0.328 e. The lowest BCUT2D eigenvalue weighted by Crippen LogP contribution is -1.98. The highest BCUT2D eigenvalue weighted by atomic mass is 32.1. The number of nitrogens with zero attached hydrogens (tertiary/aromatic N) is 1. The quantitative estimate of drug-likeness (QED) is 0.738. The summed E-state index contributed by atoms with van der Waals surface area (Å²) in [4.78, 5) is 25.0. The molecule has 0 unspecified atom stereocenters. The van der Waals surface area contributed by atoms with Crippen LogP contribution in [-0.2, 0) is 16.0 Å². The van der Waals surface area contributed by atoms with Gasteiger partial charge in [-0.1, -0.05) is 0 Å². The van der Waals surface area contributed by atoms with Crippen molar-refractivity contribution in [2.45, 2.75) is 12.8 Å². The normalized spacial score (nSPS) is 12.8. The van der Waals surface area contributed by atoms with E-state index in [0.29, 0.717) is 12.2 Å². The predicted octanol–water partition coefficient (Wildman–Crippen LogP) is 2.92. The molecule has 0 bridgehead atoms. The molecule has 7 heteroatoms. The maximum absolute atomic E-state index is 9.55. The van der Waals surface area contributed by atoms with Crippen molar-refractivity contribution in [3.05, 3.63) is 58.1 Å². The van der Waals surface area contributed by atoms with Crippen molar-refractivity contribution < 1.29 is 19.8 Å². The molecule has 2 aromatic heterocycles. The first-order valence-corrected chi connectivity index (χ1v) is 7.96. The molecule has 0 aromatic carbocycles. The van der Waals surface area contributed by atoms with Crippen molar-refractivity contribution in [3.8, 4) is 0 Å². The van der Waals surface area contributed by atoms with Gasteiger partial charge in [0.1, 0.15) is 0 Å². The molecule has 0 aliphatic heterocycles. The van der Waals surface area contributed by atoms with Crippen molar-refractivity contribution in [2.75, 3.05) is 5.73 Å². The van der Waals surface area contributed by atoms with Gasteiger partial charge in [-0.25, -0.2) is 9.59 Å². The minimum Gasteiger partial charge on any atom is -0.478 e. The number of allylic oxidation sites excluding steroid dienone is 1. The highest BCUT2D eigenvalue weighted by Crippen LogP contribution is 2.32. The van der Waals surface area contributed by atoms with E-state index in [0.717, 1.165) is 24.2 Å². The number of hydrogen-bond acceptors (Lipinski definition) is 5. The molecule has 0 atom stereocenters. The number of aromatic nitrogens is 1. The lowest BCUT2D eigenvalue weighted by Gasteiger charge is -2.12. The molecule has 0 radical (unpaired) electrons. The molecule has 2 heterocycles. The lowest BCUT2D eigenvalue weighted by atomic mass is 9.96. The highest BCUT2D eigenvalue weighted by molar-refractivity contribution is 7.10. The SMILES string of the molecule is Nc1ccnc(C2=Cc3ccsc3CC2)c1.O=C(O)/C=C/C(=O)O. The van der Waals surface area contributed by atoms with Gasteiger partial charge in [-0.2, -0.15) is 0 Å². The number of carbonyl (C=O) groups is 2. The van der Waals surface area contributed by atoms with Gasteiger partial charge < -0.3 is 15.9 Å². The zero-order chi connectivity index (χ0) is 17.5. The first-order chi connectivity index (χ1) is 11.5. The van der Waals surface area contributed by atoms with Crippen LogP contribution in [0.5, 0.6) is 0 Å². The fraction of sp³-hybridized carbons (Fsp3) is 0.118. The molecule has 0 spiro atoms. The summed E-state index contributed by atoms with van der Waals surface area (Å²) >= 11 is 1.84. The Bertz CT molecular complexity index is 792. The molecular formula is C17H16N2O4S. The number of fused-ring (bicyclic) bond motifs is 1. The van der Waals surface area contributed by atoms with E-state index in [9.17, 15) is 9.59 Å². The minimum absolute atomic E-state index is 0.558. The van der Waals surface area contributed by atoms with Crippen LogP contribution >= 0.6 is 11.3 Å². The fourth-order valence-corrected chi connectivity index (χ4v) is 3.02. The number of pyridine rings is 1.